The Morgan fingerprint density at radius 3 is 2.38 bits per heavy atom. The van der Waals surface area contributed by atoms with Gasteiger partial charge < -0.3 is 9.84 Å². The Bertz CT molecular complexity index is 635. The van der Waals surface area contributed by atoms with Crippen LogP contribution in [0.3, 0.4) is 0 Å². The molecule has 0 aliphatic heterocycles. The van der Waals surface area contributed by atoms with Gasteiger partial charge in [0.15, 0.2) is 0 Å². The second-order valence-corrected chi connectivity index (χ2v) is 6.00. The van der Waals surface area contributed by atoms with Crippen LogP contribution in [-0.2, 0) is 0 Å². The molecule has 0 aliphatic carbocycles. The Labute approximate surface area is 144 Å². The predicted molar refractivity (Wildman–Crippen MR) is 97.7 cm³/mol. The van der Waals surface area contributed by atoms with E-state index in [0.29, 0.717) is 12.4 Å². The highest BCUT2D eigenvalue weighted by molar-refractivity contribution is 5.89. The third kappa shape index (κ3) is 5.41. The molecule has 0 bridgehead atoms. The van der Waals surface area contributed by atoms with Crippen molar-refractivity contribution in [2.24, 2.45) is 0 Å². The van der Waals surface area contributed by atoms with Gasteiger partial charge in [0.05, 0.1) is 12.2 Å². The van der Waals surface area contributed by atoms with Gasteiger partial charge in [-0.15, -0.1) is 0 Å². The van der Waals surface area contributed by atoms with Gasteiger partial charge in [0.2, 0.25) is 0 Å². The van der Waals surface area contributed by atoms with Crippen molar-refractivity contribution in [2.75, 3.05) is 6.61 Å². The maximum atomic E-state index is 11.2. The summed E-state index contributed by atoms with van der Waals surface area (Å²) < 4.78 is 5.93. The summed E-state index contributed by atoms with van der Waals surface area (Å²) in [5, 5.41) is 9.21. The van der Waals surface area contributed by atoms with E-state index in [1.165, 1.54) is 25.7 Å². The van der Waals surface area contributed by atoms with Crippen molar-refractivity contribution >= 4 is 5.97 Å². The monoisotopic (exact) mass is 326 g/mol. The quantitative estimate of drug-likeness (QED) is 0.562. The fourth-order valence-corrected chi connectivity index (χ4v) is 2.70. The molecule has 1 N–H and O–H groups in total. The molecule has 0 heterocycles. The summed E-state index contributed by atoms with van der Waals surface area (Å²) in [6, 6.07) is 15.0. The number of aromatic carboxylic acids is 1. The molecule has 0 fully saturated rings. The molecule has 2 aromatic carbocycles. The smallest absolute Gasteiger partial charge is 0.335 e. The molecule has 0 saturated heterocycles. The van der Waals surface area contributed by atoms with Crippen molar-refractivity contribution in [3.05, 3.63) is 54.1 Å². The van der Waals surface area contributed by atoms with Gasteiger partial charge >= 0.3 is 5.97 Å². The minimum atomic E-state index is -0.931. The zero-order chi connectivity index (χ0) is 17.2. The lowest BCUT2D eigenvalue weighted by Gasteiger charge is -2.13. The van der Waals surface area contributed by atoms with Gasteiger partial charge in [0, 0.05) is 5.56 Å². The molecule has 0 atom stereocenters. The normalized spacial score (nSPS) is 10.5. The molecular formula is C21H26O3. The van der Waals surface area contributed by atoms with E-state index in [0.717, 1.165) is 24.0 Å². The van der Waals surface area contributed by atoms with E-state index in [2.05, 4.69) is 6.92 Å². The molecule has 3 nitrogen and oxygen atoms in total. The highest BCUT2D eigenvalue weighted by Gasteiger charge is 2.11. The summed E-state index contributed by atoms with van der Waals surface area (Å²) in [7, 11) is 0. The van der Waals surface area contributed by atoms with Crippen LogP contribution in [0.1, 0.15) is 55.8 Å². The Hall–Kier alpha value is -2.29. The van der Waals surface area contributed by atoms with Gasteiger partial charge in [-0.25, -0.2) is 4.79 Å². The molecule has 0 unspecified atom stereocenters. The van der Waals surface area contributed by atoms with Crippen LogP contribution in [0.2, 0.25) is 0 Å². The van der Waals surface area contributed by atoms with Gasteiger partial charge in [-0.05, 0) is 30.2 Å². The van der Waals surface area contributed by atoms with E-state index in [1.54, 1.807) is 12.1 Å². The van der Waals surface area contributed by atoms with Crippen LogP contribution in [0.15, 0.2) is 48.5 Å². The average molecular weight is 326 g/mol. The first-order valence-electron chi connectivity index (χ1n) is 8.78. The Kier molecular flexibility index (Phi) is 7.34. The summed E-state index contributed by atoms with van der Waals surface area (Å²) in [6.45, 7) is 2.83. The zero-order valence-electron chi connectivity index (χ0n) is 14.3. The summed E-state index contributed by atoms with van der Waals surface area (Å²) in [6.07, 6.45) is 7.20. The minimum Gasteiger partial charge on any atom is -0.493 e. The van der Waals surface area contributed by atoms with Gasteiger partial charge in [0.1, 0.15) is 5.75 Å². The van der Waals surface area contributed by atoms with Crippen LogP contribution in [0.25, 0.3) is 11.1 Å². The summed E-state index contributed by atoms with van der Waals surface area (Å²) >= 11 is 0. The Balaban J connectivity index is 2.02. The summed E-state index contributed by atoms with van der Waals surface area (Å²) in [5.74, 6) is -0.284. The van der Waals surface area contributed by atoms with Crippen molar-refractivity contribution < 1.29 is 14.6 Å². The molecule has 2 rings (SSSR count). The number of rotatable bonds is 10. The molecule has 128 valence electrons. The molecule has 0 saturated carbocycles. The van der Waals surface area contributed by atoms with Crippen LogP contribution >= 0.6 is 0 Å². The van der Waals surface area contributed by atoms with E-state index in [9.17, 15) is 9.90 Å². The minimum absolute atomic E-state index is 0.257. The maximum Gasteiger partial charge on any atom is 0.335 e. The van der Waals surface area contributed by atoms with Crippen molar-refractivity contribution in [3.8, 4) is 16.9 Å². The SMILES string of the molecule is CCCCCCCCOc1cc(C(=O)O)ccc1-c1ccccc1. The van der Waals surface area contributed by atoms with E-state index in [4.69, 9.17) is 4.74 Å². The van der Waals surface area contributed by atoms with Crippen LogP contribution in [-0.4, -0.2) is 17.7 Å². The molecule has 2 aromatic rings. The maximum absolute atomic E-state index is 11.2. The zero-order valence-corrected chi connectivity index (χ0v) is 14.3. The second-order valence-electron chi connectivity index (χ2n) is 6.00. The first kappa shape index (κ1) is 18.1. The number of benzene rings is 2. The molecule has 0 amide bonds. The van der Waals surface area contributed by atoms with E-state index >= 15 is 0 Å². The fraction of sp³-hybridized carbons (Fsp3) is 0.381. The summed E-state index contributed by atoms with van der Waals surface area (Å²) in [5.41, 5.74) is 2.23. The number of hydrogen-bond donors (Lipinski definition) is 1. The second kappa shape index (κ2) is 9.76. The van der Waals surface area contributed by atoms with Gasteiger partial charge in [0.25, 0.3) is 0 Å². The molecule has 0 spiro atoms. The molecule has 0 radical (unpaired) electrons. The van der Waals surface area contributed by atoms with Crippen LogP contribution in [0.5, 0.6) is 5.75 Å². The molecule has 3 heteroatoms. The van der Waals surface area contributed by atoms with Crippen LogP contribution in [0, 0.1) is 0 Å². The van der Waals surface area contributed by atoms with E-state index in [-0.39, 0.29) is 5.56 Å². The molecular weight excluding hydrogens is 300 g/mol. The number of unbranched alkanes of at least 4 members (excludes halogenated alkanes) is 5. The van der Waals surface area contributed by atoms with Gasteiger partial charge in [-0.1, -0.05) is 69.4 Å². The first-order valence-corrected chi connectivity index (χ1v) is 8.78. The topological polar surface area (TPSA) is 46.5 Å². The highest BCUT2D eigenvalue weighted by atomic mass is 16.5. The molecule has 0 aromatic heterocycles. The van der Waals surface area contributed by atoms with Crippen LogP contribution in [0.4, 0.5) is 0 Å². The number of ether oxygens (including phenoxy) is 1. The predicted octanol–water partition coefficient (Wildman–Crippen LogP) is 5.79. The Morgan fingerprint density at radius 2 is 1.67 bits per heavy atom. The molecule has 24 heavy (non-hydrogen) atoms. The van der Waals surface area contributed by atoms with Crippen molar-refractivity contribution in [2.45, 2.75) is 45.4 Å². The number of carboxylic acids is 1. The van der Waals surface area contributed by atoms with E-state index in [1.807, 2.05) is 36.4 Å². The average Bonchev–Trinajstić information content (AvgIpc) is 2.61. The standard InChI is InChI=1S/C21H26O3/c1-2-3-4-5-6-10-15-24-20-16-18(21(22)23)13-14-19(20)17-11-8-7-9-12-17/h7-9,11-14,16H,2-6,10,15H2,1H3,(H,22,23). The number of hydrogen-bond acceptors (Lipinski definition) is 2. The molecule has 0 aliphatic rings. The van der Waals surface area contributed by atoms with Gasteiger partial charge in [-0.3, -0.25) is 0 Å². The lowest BCUT2D eigenvalue weighted by molar-refractivity contribution is 0.0696. The lowest BCUT2D eigenvalue weighted by atomic mass is 10.0. The number of carboxylic acid groups (broad SMARTS) is 1. The van der Waals surface area contributed by atoms with E-state index < -0.39 is 5.97 Å². The fourth-order valence-electron chi connectivity index (χ4n) is 2.70. The lowest BCUT2D eigenvalue weighted by Crippen LogP contribution is -2.02. The third-order valence-electron chi connectivity index (χ3n) is 4.07. The van der Waals surface area contributed by atoms with Crippen molar-refractivity contribution in [1.29, 1.82) is 0 Å². The number of carbonyl (C=O) groups is 1. The van der Waals surface area contributed by atoms with Crippen molar-refractivity contribution in [1.82, 2.24) is 0 Å². The first-order chi connectivity index (χ1) is 11.7. The Morgan fingerprint density at radius 1 is 0.958 bits per heavy atom. The van der Waals surface area contributed by atoms with Crippen LogP contribution < -0.4 is 4.74 Å². The van der Waals surface area contributed by atoms with Crippen molar-refractivity contribution in [3.63, 3.8) is 0 Å². The summed E-state index contributed by atoms with van der Waals surface area (Å²) in [4.78, 5) is 11.2. The highest BCUT2D eigenvalue weighted by Crippen LogP contribution is 2.31. The van der Waals surface area contributed by atoms with Gasteiger partial charge in [-0.2, -0.15) is 0 Å². The largest absolute Gasteiger partial charge is 0.493 e. The third-order valence-corrected chi connectivity index (χ3v) is 4.07.